The molecule has 0 saturated heterocycles. The third-order valence-electron chi connectivity index (χ3n) is 3.67. The maximum Gasteiger partial charge on any atom is 0.295 e. The van der Waals surface area contributed by atoms with E-state index < -0.39 is 15.7 Å². The van der Waals surface area contributed by atoms with E-state index in [-0.39, 0.29) is 16.5 Å². The zero-order chi connectivity index (χ0) is 18.2. The lowest BCUT2D eigenvalue weighted by Gasteiger charge is -2.04. The van der Waals surface area contributed by atoms with Gasteiger partial charge in [-0.25, -0.2) is 17.9 Å². The van der Waals surface area contributed by atoms with Crippen LogP contribution in [0.15, 0.2) is 35.2 Å². The molecule has 1 N–H and O–H groups in total. The Hall–Kier alpha value is -2.81. The molecule has 25 heavy (non-hydrogen) atoms. The highest BCUT2D eigenvalue weighted by Crippen LogP contribution is 2.16. The van der Waals surface area contributed by atoms with Gasteiger partial charge < -0.3 is 5.32 Å². The Morgan fingerprint density at radius 1 is 1.16 bits per heavy atom. The number of sulfone groups is 1. The molecular formula is C16H17N5O3S. The smallest absolute Gasteiger partial charge is 0.295 e. The Balaban J connectivity index is 1.84. The summed E-state index contributed by atoms with van der Waals surface area (Å²) in [4.78, 5) is 20.9. The summed E-state index contributed by atoms with van der Waals surface area (Å²) < 4.78 is 25.1. The molecule has 3 aromatic rings. The highest BCUT2D eigenvalue weighted by atomic mass is 32.2. The summed E-state index contributed by atoms with van der Waals surface area (Å²) >= 11 is 0. The second-order valence-corrected chi connectivity index (χ2v) is 7.85. The van der Waals surface area contributed by atoms with Crippen LogP contribution in [-0.2, 0) is 9.84 Å². The fourth-order valence-corrected chi connectivity index (χ4v) is 3.25. The van der Waals surface area contributed by atoms with Crippen LogP contribution in [0.25, 0.3) is 5.78 Å². The van der Waals surface area contributed by atoms with Gasteiger partial charge in [-0.1, -0.05) is 6.92 Å². The fourth-order valence-electron chi connectivity index (χ4n) is 2.36. The van der Waals surface area contributed by atoms with Crippen molar-refractivity contribution in [1.82, 2.24) is 19.6 Å². The molecule has 2 heterocycles. The first-order valence-corrected chi connectivity index (χ1v) is 9.30. The van der Waals surface area contributed by atoms with Crippen LogP contribution in [0.4, 0.5) is 5.69 Å². The number of aromatic nitrogens is 4. The molecule has 1 aromatic carbocycles. The lowest BCUT2D eigenvalue weighted by molar-refractivity contribution is 0.101. The number of rotatable bonds is 4. The Morgan fingerprint density at radius 2 is 1.84 bits per heavy atom. The first-order valence-electron chi connectivity index (χ1n) is 7.65. The van der Waals surface area contributed by atoms with Gasteiger partial charge in [0.15, 0.2) is 9.84 Å². The average Bonchev–Trinajstić information content (AvgIpc) is 3.00. The Labute approximate surface area is 144 Å². The number of fused-ring (bicyclic) bond motifs is 1. The number of carbonyl (C=O) groups is 1. The number of anilines is 1. The van der Waals surface area contributed by atoms with Gasteiger partial charge in [-0.3, -0.25) is 4.79 Å². The highest BCUT2D eigenvalue weighted by molar-refractivity contribution is 7.91. The molecule has 3 rings (SSSR count). The fraction of sp³-hybridized carbons (Fsp3) is 0.250. The molecule has 8 nitrogen and oxygen atoms in total. The van der Waals surface area contributed by atoms with Crippen molar-refractivity contribution in [3.05, 3.63) is 47.5 Å². The van der Waals surface area contributed by atoms with Crippen molar-refractivity contribution in [3.63, 3.8) is 0 Å². The molecule has 0 radical (unpaired) electrons. The zero-order valence-electron chi connectivity index (χ0n) is 14.0. The van der Waals surface area contributed by atoms with Gasteiger partial charge in [0, 0.05) is 17.1 Å². The van der Waals surface area contributed by atoms with Crippen LogP contribution in [0.2, 0.25) is 0 Å². The molecule has 130 valence electrons. The van der Waals surface area contributed by atoms with E-state index in [0.717, 1.165) is 11.4 Å². The summed E-state index contributed by atoms with van der Waals surface area (Å²) in [5.74, 6) is -0.123. The van der Waals surface area contributed by atoms with Gasteiger partial charge in [0.2, 0.25) is 5.82 Å². The van der Waals surface area contributed by atoms with Gasteiger partial charge in [0.05, 0.1) is 10.6 Å². The minimum Gasteiger partial charge on any atom is -0.319 e. The third kappa shape index (κ3) is 3.36. The van der Waals surface area contributed by atoms with E-state index in [4.69, 9.17) is 0 Å². The second-order valence-electron chi connectivity index (χ2n) is 5.57. The van der Waals surface area contributed by atoms with Crippen molar-refractivity contribution in [2.45, 2.75) is 25.7 Å². The molecule has 0 atom stereocenters. The van der Waals surface area contributed by atoms with E-state index in [2.05, 4.69) is 20.4 Å². The monoisotopic (exact) mass is 359 g/mol. The van der Waals surface area contributed by atoms with E-state index >= 15 is 0 Å². The van der Waals surface area contributed by atoms with Crippen LogP contribution in [0, 0.1) is 13.8 Å². The first kappa shape index (κ1) is 17.0. The van der Waals surface area contributed by atoms with E-state index in [1.165, 1.54) is 28.8 Å². The molecule has 0 fully saturated rings. The molecule has 0 bridgehead atoms. The molecule has 0 aliphatic rings. The molecule has 0 saturated carbocycles. The summed E-state index contributed by atoms with van der Waals surface area (Å²) in [6, 6.07) is 7.82. The zero-order valence-corrected chi connectivity index (χ0v) is 14.8. The summed E-state index contributed by atoms with van der Waals surface area (Å²) in [6.07, 6.45) is 0. The quantitative estimate of drug-likeness (QED) is 0.761. The van der Waals surface area contributed by atoms with Gasteiger partial charge in [0.25, 0.3) is 11.7 Å². The molecular weight excluding hydrogens is 342 g/mol. The largest absolute Gasteiger partial charge is 0.319 e. The molecule has 0 spiro atoms. The van der Waals surface area contributed by atoms with Crippen molar-refractivity contribution in [2.75, 3.05) is 11.1 Å². The van der Waals surface area contributed by atoms with Crippen LogP contribution in [-0.4, -0.2) is 39.7 Å². The summed E-state index contributed by atoms with van der Waals surface area (Å²) in [5, 5.41) is 6.80. The SMILES string of the molecule is CCS(=O)(=O)c1ccc(NC(=O)c2nc3nc(C)cc(C)n3n2)cc1. The van der Waals surface area contributed by atoms with Crippen LogP contribution in [0.1, 0.15) is 28.9 Å². The third-order valence-corrected chi connectivity index (χ3v) is 5.42. The number of nitrogens with zero attached hydrogens (tertiary/aromatic N) is 4. The van der Waals surface area contributed by atoms with E-state index in [0.29, 0.717) is 11.5 Å². The lowest BCUT2D eigenvalue weighted by atomic mass is 10.3. The van der Waals surface area contributed by atoms with Crippen LogP contribution in [0.5, 0.6) is 0 Å². The lowest BCUT2D eigenvalue weighted by Crippen LogP contribution is -2.14. The summed E-state index contributed by atoms with van der Waals surface area (Å²) in [5.41, 5.74) is 2.07. The second kappa shape index (κ2) is 6.25. The number of nitrogens with one attached hydrogen (secondary N) is 1. The average molecular weight is 359 g/mol. The topological polar surface area (TPSA) is 106 Å². The molecule has 1 amide bonds. The van der Waals surface area contributed by atoms with Crippen molar-refractivity contribution in [3.8, 4) is 0 Å². The van der Waals surface area contributed by atoms with Gasteiger partial charge in [-0.15, -0.1) is 5.10 Å². The van der Waals surface area contributed by atoms with Crippen molar-refractivity contribution >= 4 is 27.2 Å². The number of hydrogen-bond acceptors (Lipinski definition) is 6. The van der Waals surface area contributed by atoms with Crippen LogP contribution >= 0.6 is 0 Å². The van der Waals surface area contributed by atoms with Gasteiger partial charge in [-0.05, 0) is 44.2 Å². The predicted molar refractivity (Wildman–Crippen MR) is 92.4 cm³/mol. The minimum absolute atomic E-state index is 0.00791. The molecule has 0 unspecified atom stereocenters. The van der Waals surface area contributed by atoms with Gasteiger partial charge in [0.1, 0.15) is 0 Å². The summed E-state index contributed by atoms with van der Waals surface area (Å²) in [7, 11) is -3.27. The minimum atomic E-state index is -3.27. The Kier molecular flexibility index (Phi) is 4.25. The predicted octanol–water partition coefficient (Wildman–Crippen LogP) is 1.79. The number of carbonyl (C=O) groups excluding carboxylic acids is 1. The highest BCUT2D eigenvalue weighted by Gasteiger charge is 2.16. The van der Waals surface area contributed by atoms with Crippen molar-refractivity contribution < 1.29 is 13.2 Å². The number of amides is 1. The molecule has 2 aromatic heterocycles. The van der Waals surface area contributed by atoms with Crippen molar-refractivity contribution in [1.29, 1.82) is 0 Å². The molecule has 0 aliphatic carbocycles. The standard InChI is InChI=1S/C16H17N5O3S/c1-4-25(23,24)13-7-5-12(6-8-13)18-15(22)14-19-16-17-10(2)9-11(3)21(16)20-14/h5-9H,4H2,1-3H3,(H,18,22). The van der Waals surface area contributed by atoms with Gasteiger partial charge in [-0.2, -0.15) is 4.98 Å². The Bertz CT molecular complexity index is 1060. The molecule has 0 aliphatic heterocycles. The number of hydrogen-bond donors (Lipinski definition) is 1. The summed E-state index contributed by atoms with van der Waals surface area (Å²) in [6.45, 7) is 5.27. The maximum absolute atomic E-state index is 12.3. The van der Waals surface area contributed by atoms with E-state index in [9.17, 15) is 13.2 Å². The molecule has 9 heteroatoms. The number of aryl methyl sites for hydroxylation is 2. The van der Waals surface area contributed by atoms with Crippen LogP contribution < -0.4 is 5.32 Å². The number of benzene rings is 1. The van der Waals surface area contributed by atoms with E-state index in [1.807, 2.05) is 19.9 Å². The maximum atomic E-state index is 12.3. The van der Waals surface area contributed by atoms with Crippen LogP contribution in [0.3, 0.4) is 0 Å². The van der Waals surface area contributed by atoms with Crippen molar-refractivity contribution in [2.24, 2.45) is 0 Å². The van der Waals surface area contributed by atoms with E-state index in [1.54, 1.807) is 6.92 Å². The van der Waals surface area contributed by atoms with Gasteiger partial charge >= 0.3 is 0 Å². The Morgan fingerprint density at radius 3 is 2.48 bits per heavy atom. The first-order chi connectivity index (χ1) is 11.8. The normalized spacial score (nSPS) is 11.6.